The number of aliphatic hydroxyl groups excluding tert-OH is 1. The predicted octanol–water partition coefficient (Wildman–Crippen LogP) is 2.14. The Morgan fingerprint density at radius 2 is 1.95 bits per heavy atom. The maximum atomic E-state index is 12.9. The first kappa shape index (κ1) is 13.4. The van der Waals surface area contributed by atoms with Crippen molar-refractivity contribution in [2.24, 2.45) is 0 Å². The quantitative estimate of drug-likeness (QED) is 0.899. The molecule has 2 aromatic rings. The zero-order valence-corrected chi connectivity index (χ0v) is 9.85. The third kappa shape index (κ3) is 2.70. The Labute approximate surface area is 107 Å². The summed E-state index contributed by atoms with van der Waals surface area (Å²) in [6.07, 6.45) is -4.45. The molecule has 1 heterocycles. The molecule has 0 aliphatic carbocycles. The number of hydrogen-bond donors (Lipinski definition) is 2. The lowest BCUT2D eigenvalue weighted by Gasteiger charge is -2.10. The molecule has 1 aromatic carbocycles. The average Bonchev–Trinajstić information content (AvgIpc) is 2.70. The molecule has 3 N–H and O–H groups in total. The second-order valence-electron chi connectivity index (χ2n) is 3.94. The van der Waals surface area contributed by atoms with Gasteiger partial charge >= 0.3 is 6.18 Å². The van der Waals surface area contributed by atoms with Gasteiger partial charge in [0.15, 0.2) is 0 Å². The number of aliphatic hydroxyl groups is 1. The SMILES string of the molecule is Nc1cc(-c2ccccc2C(F)(F)F)nn1CCO. The Bertz CT molecular complexity index is 578. The molecule has 0 spiro atoms. The van der Waals surface area contributed by atoms with Crippen molar-refractivity contribution in [3.05, 3.63) is 35.9 Å². The molecular formula is C12H12F3N3O. The molecule has 19 heavy (non-hydrogen) atoms. The number of hydrogen-bond acceptors (Lipinski definition) is 3. The van der Waals surface area contributed by atoms with Crippen LogP contribution >= 0.6 is 0 Å². The molecule has 0 saturated carbocycles. The van der Waals surface area contributed by atoms with Crippen LogP contribution in [-0.2, 0) is 12.7 Å². The third-order valence-electron chi connectivity index (χ3n) is 2.63. The van der Waals surface area contributed by atoms with Crippen molar-refractivity contribution in [2.45, 2.75) is 12.7 Å². The van der Waals surface area contributed by atoms with Crippen LogP contribution in [0.3, 0.4) is 0 Å². The van der Waals surface area contributed by atoms with Gasteiger partial charge < -0.3 is 10.8 Å². The standard InChI is InChI=1S/C12H12F3N3O/c13-12(14,15)9-4-2-1-3-8(9)10-7-11(16)18(17-10)5-6-19/h1-4,7,19H,5-6,16H2. The summed E-state index contributed by atoms with van der Waals surface area (Å²) in [5.41, 5.74) is 4.98. The fraction of sp³-hybridized carbons (Fsp3) is 0.250. The summed E-state index contributed by atoms with van der Waals surface area (Å²) in [5, 5.41) is 12.8. The van der Waals surface area contributed by atoms with E-state index in [1.807, 2.05) is 0 Å². The van der Waals surface area contributed by atoms with Crippen LogP contribution in [0.1, 0.15) is 5.56 Å². The molecule has 0 unspecified atom stereocenters. The van der Waals surface area contributed by atoms with E-state index in [0.29, 0.717) is 0 Å². The molecule has 0 aliphatic heterocycles. The van der Waals surface area contributed by atoms with E-state index in [9.17, 15) is 13.2 Å². The Balaban J connectivity index is 2.50. The second-order valence-corrected chi connectivity index (χ2v) is 3.94. The Morgan fingerprint density at radius 3 is 2.58 bits per heavy atom. The van der Waals surface area contributed by atoms with Crippen LogP contribution in [0.5, 0.6) is 0 Å². The first-order chi connectivity index (χ1) is 8.93. The van der Waals surface area contributed by atoms with E-state index in [0.717, 1.165) is 6.07 Å². The molecule has 0 amide bonds. The van der Waals surface area contributed by atoms with Gasteiger partial charge in [0.2, 0.25) is 0 Å². The molecule has 0 aliphatic rings. The number of nitrogens with two attached hydrogens (primary N) is 1. The van der Waals surface area contributed by atoms with E-state index >= 15 is 0 Å². The van der Waals surface area contributed by atoms with E-state index in [-0.39, 0.29) is 30.2 Å². The van der Waals surface area contributed by atoms with Crippen LogP contribution in [0.2, 0.25) is 0 Å². The van der Waals surface area contributed by atoms with E-state index in [2.05, 4.69) is 5.10 Å². The minimum Gasteiger partial charge on any atom is -0.394 e. The van der Waals surface area contributed by atoms with Crippen molar-refractivity contribution in [1.29, 1.82) is 0 Å². The van der Waals surface area contributed by atoms with Crippen LogP contribution in [0, 0.1) is 0 Å². The highest BCUT2D eigenvalue weighted by Crippen LogP contribution is 2.36. The summed E-state index contributed by atoms with van der Waals surface area (Å²) in [4.78, 5) is 0. The Hall–Kier alpha value is -2.02. The summed E-state index contributed by atoms with van der Waals surface area (Å²) in [7, 11) is 0. The number of nitrogens with zero attached hydrogens (tertiary/aromatic N) is 2. The molecule has 7 heteroatoms. The van der Waals surface area contributed by atoms with Gasteiger partial charge in [-0.2, -0.15) is 18.3 Å². The number of nitrogen functional groups attached to an aromatic ring is 1. The number of alkyl halides is 3. The molecule has 1 aromatic heterocycles. The predicted molar refractivity (Wildman–Crippen MR) is 64.2 cm³/mol. The van der Waals surface area contributed by atoms with Gasteiger partial charge in [-0.3, -0.25) is 0 Å². The number of halogens is 3. The van der Waals surface area contributed by atoms with Crippen LogP contribution < -0.4 is 5.73 Å². The first-order valence-electron chi connectivity index (χ1n) is 5.54. The number of aromatic nitrogens is 2. The number of anilines is 1. The van der Waals surface area contributed by atoms with Gasteiger partial charge in [0.25, 0.3) is 0 Å². The lowest BCUT2D eigenvalue weighted by molar-refractivity contribution is -0.137. The van der Waals surface area contributed by atoms with Crippen LogP contribution in [-0.4, -0.2) is 21.5 Å². The lowest BCUT2D eigenvalue weighted by atomic mass is 10.0. The van der Waals surface area contributed by atoms with Crippen LogP contribution in [0.4, 0.5) is 19.0 Å². The van der Waals surface area contributed by atoms with E-state index in [1.165, 1.54) is 28.9 Å². The highest BCUT2D eigenvalue weighted by Gasteiger charge is 2.33. The van der Waals surface area contributed by atoms with Crippen molar-refractivity contribution in [3.63, 3.8) is 0 Å². The molecule has 0 bridgehead atoms. The molecule has 0 radical (unpaired) electrons. The van der Waals surface area contributed by atoms with E-state index in [4.69, 9.17) is 10.8 Å². The van der Waals surface area contributed by atoms with Crippen LogP contribution in [0.25, 0.3) is 11.3 Å². The zero-order chi connectivity index (χ0) is 14.0. The van der Waals surface area contributed by atoms with Gasteiger partial charge in [-0.1, -0.05) is 18.2 Å². The van der Waals surface area contributed by atoms with Gasteiger partial charge in [0, 0.05) is 11.6 Å². The molecule has 0 atom stereocenters. The zero-order valence-electron chi connectivity index (χ0n) is 9.85. The van der Waals surface area contributed by atoms with Crippen molar-refractivity contribution < 1.29 is 18.3 Å². The Morgan fingerprint density at radius 1 is 1.26 bits per heavy atom. The second kappa shape index (κ2) is 4.93. The summed E-state index contributed by atoms with van der Waals surface area (Å²) in [5.74, 6) is 0.209. The van der Waals surface area contributed by atoms with Crippen LogP contribution in [0.15, 0.2) is 30.3 Å². The molecule has 0 saturated heterocycles. The van der Waals surface area contributed by atoms with E-state index < -0.39 is 11.7 Å². The smallest absolute Gasteiger partial charge is 0.394 e. The highest BCUT2D eigenvalue weighted by molar-refractivity contribution is 5.66. The molecular weight excluding hydrogens is 259 g/mol. The Kier molecular flexibility index (Phi) is 3.48. The minimum atomic E-state index is -4.45. The largest absolute Gasteiger partial charge is 0.417 e. The summed E-state index contributed by atoms with van der Waals surface area (Å²) < 4.78 is 39.9. The maximum Gasteiger partial charge on any atom is 0.417 e. The number of benzene rings is 1. The molecule has 0 fully saturated rings. The highest BCUT2D eigenvalue weighted by atomic mass is 19.4. The first-order valence-corrected chi connectivity index (χ1v) is 5.54. The lowest BCUT2D eigenvalue weighted by Crippen LogP contribution is -2.08. The molecule has 4 nitrogen and oxygen atoms in total. The van der Waals surface area contributed by atoms with Crippen molar-refractivity contribution in [1.82, 2.24) is 9.78 Å². The summed E-state index contributed by atoms with van der Waals surface area (Å²) in [6, 6.07) is 6.52. The van der Waals surface area contributed by atoms with Crippen molar-refractivity contribution in [2.75, 3.05) is 12.3 Å². The fourth-order valence-corrected chi connectivity index (χ4v) is 1.79. The van der Waals surface area contributed by atoms with Gasteiger partial charge in [0.1, 0.15) is 5.82 Å². The topological polar surface area (TPSA) is 64.1 Å². The minimum absolute atomic E-state index is 0.0293. The van der Waals surface area contributed by atoms with Gasteiger partial charge in [-0.05, 0) is 6.07 Å². The third-order valence-corrected chi connectivity index (χ3v) is 2.63. The fourth-order valence-electron chi connectivity index (χ4n) is 1.79. The summed E-state index contributed by atoms with van der Waals surface area (Å²) >= 11 is 0. The van der Waals surface area contributed by atoms with E-state index in [1.54, 1.807) is 0 Å². The molecule has 2 rings (SSSR count). The van der Waals surface area contributed by atoms with Gasteiger partial charge in [-0.25, -0.2) is 4.68 Å². The maximum absolute atomic E-state index is 12.9. The van der Waals surface area contributed by atoms with Crippen molar-refractivity contribution >= 4 is 5.82 Å². The average molecular weight is 271 g/mol. The van der Waals surface area contributed by atoms with Gasteiger partial charge in [-0.15, -0.1) is 0 Å². The van der Waals surface area contributed by atoms with Crippen molar-refractivity contribution in [3.8, 4) is 11.3 Å². The van der Waals surface area contributed by atoms with Gasteiger partial charge in [0.05, 0.1) is 24.4 Å². The number of rotatable bonds is 3. The monoisotopic (exact) mass is 271 g/mol. The summed E-state index contributed by atoms with van der Waals surface area (Å²) in [6.45, 7) is -0.0493. The molecule has 102 valence electrons. The normalized spacial score (nSPS) is 11.8.